The molecule has 0 atom stereocenters. The van der Waals surface area contributed by atoms with E-state index in [1.54, 1.807) is 0 Å². The third-order valence-corrected chi connectivity index (χ3v) is 3.84. The molecular formula is C15H22N2. The second-order valence-corrected chi connectivity index (χ2v) is 5.56. The van der Waals surface area contributed by atoms with E-state index in [0.717, 1.165) is 18.5 Å². The van der Waals surface area contributed by atoms with Gasteiger partial charge < -0.3 is 5.32 Å². The van der Waals surface area contributed by atoms with Crippen LogP contribution in [0.3, 0.4) is 0 Å². The average molecular weight is 230 g/mol. The Hall–Kier alpha value is -0.860. The van der Waals surface area contributed by atoms with Crippen LogP contribution < -0.4 is 5.32 Å². The average Bonchev–Trinajstić information content (AvgIpc) is 3.11. The third kappa shape index (κ3) is 3.30. The molecule has 0 unspecified atom stereocenters. The standard InChI is InChI=1S/C15H22N2/c1-2-4-13(5-3-1)10-17-11-14(12-17)8-9-16-15-6-7-15/h1-5,14-16H,6-12H2. The Labute approximate surface area is 104 Å². The molecule has 1 saturated heterocycles. The van der Waals surface area contributed by atoms with Crippen LogP contribution in [-0.4, -0.2) is 30.6 Å². The molecule has 2 heteroatoms. The lowest BCUT2D eigenvalue weighted by molar-refractivity contribution is 0.0864. The predicted octanol–water partition coefficient (Wildman–Crippen LogP) is 2.26. The van der Waals surface area contributed by atoms with Gasteiger partial charge in [-0.25, -0.2) is 0 Å². The summed E-state index contributed by atoms with van der Waals surface area (Å²) in [7, 11) is 0. The van der Waals surface area contributed by atoms with Crippen molar-refractivity contribution in [2.45, 2.75) is 31.8 Å². The van der Waals surface area contributed by atoms with Crippen LogP contribution in [0.15, 0.2) is 30.3 Å². The normalized spacial score (nSPS) is 21.4. The van der Waals surface area contributed by atoms with Crippen molar-refractivity contribution in [2.24, 2.45) is 5.92 Å². The van der Waals surface area contributed by atoms with Crippen LogP contribution in [0.25, 0.3) is 0 Å². The van der Waals surface area contributed by atoms with Gasteiger partial charge in [0.2, 0.25) is 0 Å². The van der Waals surface area contributed by atoms with E-state index in [2.05, 4.69) is 40.5 Å². The maximum absolute atomic E-state index is 3.60. The van der Waals surface area contributed by atoms with Crippen LogP contribution in [0.4, 0.5) is 0 Å². The van der Waals surface area contributed by atoms with Crippen molar-refractivity contribution in [1.29, 1.82) is 0 Å². The first-order chi connectivity index (χ1) is 8.40. The molecule has 17 heavy (non-hydrogen) atoms. The molecule has 0 aromatic heterocycles. The summed E-state index contributed by atoms with van der Waals surface area (Å²) >= 11 is 0. The second-order valence-electron chi connectivity index (χ2n) is 5.56. The summed E-state index contributed by atoms with van der Waals surface area (Å²) in [5.41, 5.74) is 1.45. The highest BCUT2D eigenvalue weighted by Gasteiger charge is 2.27. The fourth-order valence-electron chi connectivity index (χ4n) is 2.61. The van der Waals surface area contributed by atoms with Crippen molar-refractivity contribution < 1.29 is 0 Å². The first kappa shape index (κ1) is 11.2. The fourth-order valence-corrected chi connectivity index (χ4v) is 2.61. The monoisotopic (exact) mass is 230 g/mol. The number of benzene rings is 1. The van der Waals surface area contributed by atoms with Gasteiger partial charge in [-0.15, -0.1) is 0 Å². The van der Waals surface area contributed by atoms with E-state index in [-0.39, 0.29) is 0 Å². The van der Waals surface area contributed by atoms with Gasteiger partial charge in [-0.05, 0) is 37.3 Å². The van der Waals surface area contributed by atoms with E-state index in [9.17, 15) is 0 Å². The van der Waals surface area contributed by atoms with E-state index < -0.39 is 0 Å². The van der Waals surface area contributed by atoms with Crippen LogP contribution in [0.5, 0.6) is 0 Å². The number of rotatable bonds is 6. The molecule has 0 amide bonds. The smallest absolute Gasteiger partial charge is 0.0233 e. The molecule has 3 rings (SSSR count). The lowest BCUT2D eigenvalue weighted by atomic mass is 9.95. The molecule has 1 saturated carbocycles. The lowest BCUT2D eigenvalue weighted by Gasteiger charge is -2.39. The fraction of sp³-hybridized carbons (Fsp3) is 0.600. The van der Waals surface area contributed by atoms with Crippen molar-refractivity contribution in [3.05, 3.63) is 35.9 Å². The van der Waals surface area contributed by atoms with Crippen molar-refractivity contribution in [3.63, 3.8) is 0 Å². The zero-order chi connectivity index (χ0) is 11.5. The van der Waals surface area contributed by atoms with E-state index >= 15 is 0 Å². The van der Waals surface area contributed by atoms with Crippen LogP contribution in [0.1, 0.15) is 24.8 Å². The first-order valence-electron chi connectivity index (χ1n) is 6.90. The quantitative estimate of drug-likeness (QED) is 0.806. The number of nitrogens with one attached hydrogen (secondary N) is 1. The summed E-state index contributed by atoms with van der Waals surface area (Å²) in [5.74, 6) is 0.935. The minimum absolute atomic E-state index is 0.871. The Morgan fingerprint density at radius 1 is 1.12 bits per heavy atom. The Morgan fingerprint density at radius 2 is 1.88 bits per heavy atom. The second kappa shape index (κ2) is 5.19. The number of nitrogens with zero attached hydrogens (tertiary/aromatic N) is 1. The van der Waals surface area contributed by atoms with E-state index in [4.69, 9.17) is 0 Å². The molecule has 1 aliphatic carbocycles. The van der Waals surface area contributed by atoms with Crippen LogP contribution in [0.2, 0.25) is 0 Å². The van der Waals surface area contributed by atoms with Crippen molar-refractivity contribution >= 4 is 0 Å². The molecular weight excluding hydrogens is 208 g/mol. The highest BCUT2D eigenvalue weighted by Crippen LogP contribution is 2.22. The van der Waals surface area contributed by atoms with Gasteiger partial charge in [-0.2, -0.15) is 0 Å². The van der Waals surface area contributed by atoms with Gasteiger partial charge in [0.1, 0.15) is 0 Å². The topological polar surface area (TPSA) is 15.3 Å². The molecule has 1 aromatic rings. The van der Waals surface area contributed by atoms with Gasteiger partial charge in [-0.3, -0.25) is 4.90 Å². The SMILES string of the molecule is c1ccc(CN2CC(CCNC3CC3)C2)cc1. The number of hydrogen-bond acceptors (Lipinski definition) is 2. The molecule has 2 aliphatic rings. The lowest BCUT2D eigenvalue weighted by Crippen LogP contribution is -2.46. The van der Waals surface area contributed by atoms with Crippen LogP contribution >= 0.6 is 0 Å². The minimum Gasteiger partial charge on any atom is -0.314 e. The number of hydrogen-bond donors (Lipinski definition) is 1. The Balaban J connectivity index is 1.31. The summed E-state index contributed by atoms with van der Waals surface area (Å²) < 4.78 is 0. The molecule has 0 bridgehead atoms. The molecule has 1 aliphatic heterocycles. The van der Waals surface area contributed by atoms with E-state index in [0.29, 0.717) is 0 Å². The Bertz CT molecular complexity index is 339. The van der Waals surface area contributed by atoms with E-state index in [1.165, 1.54) is 44.5 Å². The summed E-state index contributed by atoms with van der Waals surface area (Å²) in [4.78, 5) is 2.55. The van der Waals surface area contributed by atoms with Crippen molar-refractivity contribution in [1.82, 2.24) is 10.2 Å². The molecule has 92 valence electrons. The predicted molar refractivity (Wildman–Crippen MR) is 70.9 cm³/mol. The zero-order valence-electron chi connectivity index (χ0n) is 10.4. The Kier molecular flexibility index (Phi) is 3.44. The highest BCUT2D eigenvalue weighted by molar-refractivity contribution is 5.14. The van der Waals surface area contributed by atoms with Gasteiger partial charge in [0, 0.05) is 25.7 Å². The minimum atomic E-state index is 0.871. The third-order valence-electron chi connectivity index (χ3n) is 3.84. The molecule has 2 nitrogen and oxygen atoms in total. The molecule has 1 aromatic carbocycles. The summed E-state index contributed by atoms with van der Waals surface area (Å²) in [6.45, 7) is 4.95. The Morgan fingerprint density at radius 3 is 2.59 bits per heavy atom. The van der Waals surface area contributed by atoms with Gasteiger partial charge in [0.15, 0.2) is 0 Å². The van der Waals surface area contributed by atoms with Gasteiger partial charge in [0.05, 0.1) is 0 Å². The maximum Gasteiger partial charge on any atom is 0.0233 e. The van der Waals surface area contributed by atoms with Crippen LogP contribution in [0, 0.1) is 5.92 Å². The zero-order valence-corrected chi connectivity index (χ0v) is 10.4. The van der Waals surface area contributed by atoms with E-state index in [1.807, 2.05) is 0 Å². The molecule has 0 radical (unpaired) electrons. The largest absolute Gasteiger partial charge is 0.314 e. The van der Waals surface area contributed by atoms with Gasteiger partial charge in [0.25, 0.3) is 0 Å². The molecule has 1 N–H and O–H groups in total. The maximum atomic E-state index is 3.60. The van der Waals surface area contributed by atoms with Gasteiger partial charge >= 0.3 is 0 Å². The van der Waals surface area contributed by atoms with Crippen molar-refractivity contribution in [3.8, 4) is 0 Å². The summed E-state index contributed by atoms with van der Waals surface area (Å²) in [6, 6.07) is 11.7. The van der Waals surface area contributed by atoms with Gasteiger partial charge in [-0.1, -0.05) is 30.3 Å². The summed E-state index contributed by atoms with van der Waals surface area (Å²) in [5, 5.41) is 3.60. The van der Waals surface area contributed by atoms with Crippen molar-refractivity contribution in [2.75, 3.05) is 19.6 Å². The molecule has 0 spiro atoms. The highest BCUT2D eigenvalue weighted by atomic mass is 15.2. The first-order valence-corrected chi connectivity index (χ1v) is 6.90. The van der Waals surface area contributed by atoms with Crippen LogP contribution in [-0.2, 0) is 6.54 Å². The molecule has 1 heterocycles. The number of likely N-dealkylation sites (tertiary alicyclic amines) is 1. The summed E-state index contributed by atoms with van der Waals surface area (Å²) in [6.07, 6.45) is 4.18. The molecule has 2 fully saturated rings.